The van der Waals surface area contributed by atoms with E-state index in [1.807, 2.05) is 12.3 Å². The second-order valence-corrected chi connectivity index (χ2v) is 4.88. The highest BCUT2D eigenvalue weighted by molar-refractivity contribution is 5.18. The van der Waals surface area contributed by atoms with Crippen LogP contribution in [0.2, 0.25) is 0 Å². The standard InChI is InChI=1S/C14H18N4/c1-10(2)14-7-12(8-17-18-14)6-11(3)13-4-5-15-9-16-13/h4-5,7-11H,6H2,1-3H3. The first kappa shape index (κ1) is 12.6. The lowest BCUT2D eigenvalue weighted by molar-refractivity contribution is 0.710. The van der Waals surface area contributed by atoms with E-state index in [9.17, 15) is 0 Å². The van der Waals surface area contributed by atoms with Crippen LogP contribution in [0, 0.1) is 0 Å². The van der Waals surface area contributed by atoms with Crippen molar-refractivity contribution in [2.45, 2.75) is 39.0 Å². The fourth-order valence-corrected chi connectivity index (χ4v) is 1.87. The molecule has 2 aromatic heterocycles. The predicted octanol–water partition coefficient (Wildman–Crippen LogP) is 2.74. The molecule has 0 aliphatic carbocycles. The van der Waals surface area contributed by atoms with Crippen LogP contribution in [0.25, 0.3) is 0 Å². The van der Waals surface area contributed by atoms with Crippen LogP contribution in [-0.2, 0) is 6.42 Å². The van der Waals surface area contributed by atoms with E-state index in [0.717, 1.165) is 17.8 Å². The molecule has 0 N–H and O–H groups in total. The van der Waals surface area contributed by atoms with Crippen LogP contribution in [0.3, 0.4) is 0 Å². The first-order valence-corrected chi connectivity index (χ1v) is 6.24. The average molecular weight is 242 g/mol. The first-order valence-electron chi connectivity index (χ1n) is 6.24. The second-order valence-electron chi connectivity index (χ2n) is 4.88. The highest BCUT2D eigenvalue weighted by Crippen LogP contribution is 2.19. The Hall–Kier alpha value is -1.84. The van der Waals surface area contributed by atoms with Crippen LogP contribution in [0.4, 0.5) is 0 Å². The van der Waals surface area contributed by atoms with Gasteiger partial charge in [0.05, 0.1) is 11.9 Å². The average Bonchev–Trinajstić information content (AvgIpc) is 2.40. The van der Waals surface area contributed by atoms with Crippen LogP contribution in [-0.4, -0.2) is 20.2 Å². The van der Waals surface area contributed by atoms with E-state index in [1.165, 1.54) is 5.56 Å². The van der Waals surface area contributed by atoms with Gasteiger partial charge in [0.1, 0.15) is 6.33 Å². The molecule has 2 rings (SSSR count). The Morgan fingerprint density at radius 3 is 2.67 bits per heavy atom. The summed E-state index contributed by atoms with van der Waals surface area (Å²) in [5.74, 6) is 0.768. The van der Waals surface area contributed by atoms with Gasteiger partial charge in [0.25, 0.3) is 0 Å². The molecular weight excluding hydrogens is 224 g/mol. The highest BCUT2D eigenvalue weighted by Gasteiger charge is 2.10. The van der Waals surface area contributed by atoms with Crippen molar-refractivity contribution in [3.05, 3.63) is 47.8 Å². The number of nitrogens with zero attached hydrogens (tertiary/aromatic N) is 4. The quantitative estimate of drug-likeness (QED) is 0.827. The van der Waals surface area contributed by atoms with Crippen molar-refractivity contribution in [1.82, 2.24) is 20.2 Å². The lowest BCUT2D eigenvalue weighted by Gasteiger charge is -2.11. The predicted molar refractivity (Wildman–Crippen MR) is 70.3 cm³/mol. The molecule has 1 unspecified atom stereocenters. The third-order valence-electron chi connectivity index (χ3n) is 2.97. The zero-order chi connectivity index (χ0) is 13.0. The monoisotopic (exact) mass is 242 g/mol. The summed E-state index contributed by atoms with van der Waals surface area (Å²) in [6.07, 6.45) is 6.13. The maximum Gasteiger partial charge on any atom is 0.115 e. The summed E-state index contributed by atoms with van der Waals surface area (Å²) >= 11 is 0. The minimum atomic E-state index is 0.359. The van der Waals surface area contributed by atoms with Crippen LogP contribution >= 0.6 is 0 Å². The fraction of sp³-hybridized carbons (Fsp3) is 0.429. The summed E-state index contributed by atoms with van der Waals surface area (Å²) in [6.45, 7) is 6.42. The molecule has 1 atom stereocenters. The zero-order valence-electron chi connectivity index (χ0n) is 11.0. The van der Waals surface area contributed by atoms with E-state index >= 15 is 0 Å². The third kappa shape index (κ3) is 3.09. The molecule has 0 aromatic carbocycles. The van der Waals surface area contributed by atoms with Crippen LogP contribution in [0.5, 0.6) is 0 Å². The van der Waals surface area contributed by atoms with Crippen molar-refractivity contribution in [2.75, 3.05) is 0 Å². The smallest absolute Gasteiger partial charge is 0.115 e. The van der Waals surface area contributed by atoms with Crippen molar-refractivity contribution < 1.29 is 0 Å². The molecule has 0 fully saturated rings. The van der Waals surface area contributed by atoms with Gasteiger partial charge in [-0.1, -0.05) is 20.8 Å². The van der Waals surface area contributed by atoms with E-state index in [-0.39, 0.29) is 0 Å². The van der Waals surface area contributed by atoms with Gasteiger partial charge >= 0.3 is 0 Å². The molecule has 0 amide bonds. The maximum absolute atomic E-state index is 4.29. The zero-order valence-corrected chi connectivity index (χ0v) is 11.0. The lowest BCUT2D eigenvalue weighted by atomic mass is 9.98. The molecule has 94 valence electrons. The largest absolute Gasteiger partial charge is 0.245 e. The van der Waals surface area contributed by atoms with E-state index < -0.39 is 0 Å². The first-order chi connectivity index (χ1) is 8.66. The summed E-state index contributed by atoms with van der Waals surface area (Å²) in [7, 11) is 0. The SMILES string of the molecule is CC(C)c1cc(CC(C)c2ccncn2)cnn1. The van der Waals surface area contributed by atoms with Gasteiger partial charge in [0.2, 0.25) is 0 Å². The van der Waals surface area contributed by atoms with E-state index in [0.29, 0.717) is 11.8 Å². The van der Waals surface area contributed by atoms with Crippen molar-refractivity contribution in [2.24, 2.45) is 0 Å². The molecule has 18 heavy (non-hydrogen) atoms. The number of hydrogen-bond donors (Lipinski definition) is 0. The van der Waals surface area contributed by atoms with Gasteiger partial charge < -0.3 is 0 Å². The van der Waals surface area contributed by atoms with Gasteiger partial charge in [-0.25, -0.2) is 9.97 Å². The van der Waals surface area contributed by atoms with Gasteiger partial charge in [-0.2, -0.15) is 10.2 Å². The number of aromatic nitrogens is 4. The Balaban J connectivity index is 2.12. The fourth-order valence-electron chi connectivity index (χ4n) is 1.87. The topological polar surface area (TPSA) is 51.6 Å². The van der Waals surface area contributed by atoms with E-state index in [1.54, 1.807) is 12.5 Å². The van der Waals surface area contributed by atoms with Crippen molar-refractivity contribution in [1.29, 1.82) is 0 Å². The van der Waals surface area contributed by atoms with Crippen molar-refractivity contribution in [3.8, 4) is 0 Å². The van der Waals surface area contributed by atoms with Crippen LogP contribution in [0.15, 0.2) is 30.9 Å². The Labute approximate surface area is 108 Å². The number of rotatable bonds is 4. The lowest BCUT2D eigenvalue weighted by Crippen LogP contribution is -2.04. The molecule has 0 saturated carbocycles. The Bertz CT molecular complexity index is 496. The summed E-state index contributed by atoms with van der Waals surface area (Å²) in [4.78, 5) is 8.22. The minimum Gasteiger partial charge on any atom is -0.245 e. The van der Waals surface area contributed by atoms with Crippen molar-refractivity contribution >= 4 is 0 Å². The van der Waals surface area contributed by atoms with Crippen molar-refractivity contribution in [3.63, 3.8) is 0 Å². The Kier molecular flexibility index (Phi) is 3.97. The normalized spacial score (nSPS) is 12.7. The molecular formula is C14H18N4. The third-order valence-corrected chi connectivity index (χ3v) is 2.97. The van der Waals surface area contributed by atoms with Gasteiger partial charge in [-0.15, -0.1) is 0 Å². The summed E-state index contributed by atoms with van der Waals surface area (Å²) in [5.41, 5.74) is 3.31. The van der Waals surface area contributed by atoms with Gasteiger partial charge in [-0.3, -0.25) is 0 Å². The second kappa shape index (κ2) is 5.67. The summed E-state index contributed by atoms with van der Waals surface area (Å²) < 4.78 is 0. The highest BCUT2D eigenvalue weighted by atomic mass is 15.1. The van der Waals surface area contributed by atoms with Gasteiger partial charge in [0.15, 0.2) is 0 Å². The summed E-state index contributed by atoms with van der Waals surface area (Å²) in [6, 6.07) is 4.10. The van der Waals surface area contributed by atoms with Gasteiger partial charge in [0, 0.05) is 17.8 Å². The Morgan fingerprint density at radius 1 is 1.17 bits per heavy atom. The minimum absolute atomic E-state index is 0.359. The molecule has 2 aromatic rings. The molecule has 4 nitrogen and oxygen atoms in total. The molecule has 0 aliphatic heterocycles. The molecule has 2 heterocycles. The van der Waals surface area contributed by atoms with Crippen LogP contribution in [0.1, 0.15) is 49.6 Å². The molecule has 0 saturated heterocycles. The summed E-state index contributed by atoms with van der Waals surface area (Å²) in [5, 5.41) is 8.21. The molecule has 0 bridgehead atoms. The van der Waals surface area contributed by atoms with E-state index in [2.05, 4.69) is 47.0 Å². The van der Waals surface area contributed by atoms with Crippen LogP contribution < -0.4 is 0 Å². The maximum atomic E-state index is 4.29. The molecule has 0 radical (unpaired) electrons. The van der Waals surface area contributed by atoms with Gasteiger partial charge in [-0.05, 0) is 30.0 Å². The molecule has 0 aliphatic rings. The Morgan fingerprint density at radius 2 is 2.00 bits per heavy atom. The molecule has 0 spiro atoms. The van der Waals surface area contributed by atoms with E-state index in [4.69, 9.17) is 0 Å². The molecule has 4 heteroatoms. The number of hydrogen-bond acceptors (Lipinski definition) is 4.